The monoisotopic (exact) mass is 283 g/mol. The first-order chi connectivity index (χ1) is 8.50. The zero-order chi connectivity index (χ0) is 13.3. The molecule has 0 aliphatic heterocycles. The molecule has 0 saturated heterocycles. The molecule has 1 aromatic carbocycles. The highest BCUT2D eigenvalue weighted by Crippen LogP contribution is 2.33. The summed E-state index contributed by atoms with van der Waals surface area (Å²) < 4.78 is 0. The van der Waals surface area contributed by atoms with Crippen molar-refractivity contribution >= 4 is 29.2 Å². The van der Waals surface area contributed by atoms with Gasteiger partial charge in [0.05, 0.1) is 0 Å². The molecule has 0 fully saturated rings. The Morgan fingerprint density at radius 2 is 1.83 bits per heavy atom. The molecular weight excluding hydrogens is 277 g/mol. The summed E-state index contributed by atoms with van der Waals surface area (Å²) in [6.07, 6.45) is 1.38. The fourth-order valence-corrected chi connectivity index (χ4v) is 2.18. The molecule has 0 aliphatic rings. The minimum Gasteiger partial charge on any atom is -0.477 e. The van der Waals surface area contributed by atoms with E-state index >= 15 is 0 Å². The van der Waals surface area contributed by atoms with Crippen LogP contribution in [0.1, 0.15) is 10.4 Å². The van der Waals surface area contributed by atoms with Gasteiger partial charge >= 0.3 is 5.97 Å². The highest BCUT2D eigenvalue weighted by molar-refractivity contribution is 6.39. The Morgan fingerprint density at radius 1 is 1.22 bits per heavy atom. The summed E-state index contributed by atoms with van der Waals surface area (Å²) in [5, 5.41) is 9.65. The molecule has 2 N–H and O–H groups in total. The topological polar surface area (TPSA) is 70.2 Å². The van der Waals surface area contributed by atoms with E-state index in [1.54, 1.807) is 18.2 Å². The molecule has 1 heterocycles. The Morgan fingerprint density at radius 3 is 2.39 bits per heavy atom. The molecule has 0 saturated carbocycles. The van der Waals surface area contributed by atoms with Gasteiger partial charge in [-0.2, -0.15) is 0 Å². The maximum atomic E-state index is 11.3. The van der Waals surface area contributed by atoms with E-state index in [9.17, 15) is 9.59 Å². The Labute approximate surface area is 112 Å². The lowest BCUT2D eigenvalue weighted by Gasteiger charge is -2.07. The second kappa shape index (κ2) is 4.84. The van der Waals surface area contributed by atoms with Crippen LogP contribution in [0.25, 0.3) is 11.1 Å². The minimum absolute atomic E-state index is 0.358. The molecule has 0 spiro atoms. The zero-order valence-corrected chi connectivity index (χ0v) is 10.4. The summed E-state index contributed by atoms with van der Waals surface area (Å²) in [5.74, 6) is -1.30. The minimum atomic E-state index is -1.30. The van der Waals surface area contributed by atoms with Gasteiger partial charge in [0.15, 0.2) is 0 Å². The van der Waals surface area contributed by atoms with Gasteiger partial charge in [0.1, 0.15) is 5.56 Å². The largest absolute Gasteiger partial charge is 0.477 e. The smallest absolute Gasteiger partial charge is 0.341 e. The molecule has 0 radical (unpaired) electrons. The van der Waals surface area contributed by atoms with Gasteiger partial charge in [-0.25, -0.2) is 4.79 Å². The van der Waals surface area contributed by atoms with E-state index < -0.39 is 11.5 Å². The van der Waals surface area contributed by atoms with Gasteiger partial charge in [0.2, 0.25) is 0 Å². The first kappa shape index (κ1) is 12.7. The van der Waals surface area contributed by atoms with Crippen LogP contribution in [0.5, 0.6) is 0 Å². The molecule has 0 unspecified atom stereocenters. The van der Waals surface area contributed by atoms with Crippen LogP contribution in [0.3, 0.4) is 0 Å². The quantitative estimate of drug-likeness (QED) is 0.890. The third-order valence-corrected chi connectivity index (χ3v) is 3.02. The number of carbonyl (C=O) groups is 1. The Bertz CT molecular complexity index is 659. The van der Waals surface area contributed by atoms with Crippen molar-refractivity contribution in [1.82, 2.24) is 4.98 Å². The molecule has 2 rings (SSSR count). The summed E-state index contributed by atoms with van der Waals surface area (Å²) in [6.45, 7) is 0. The van der Waals surface area contributed by atoms with Crippen LogP contribution < -0.4 is 5.56 Å². The number of H-pyrrole nitrogens is 1. The standard InChI is InChI=1S/C12H7Cl2NO3/c13-8-2-1-3-9(14)10(8)6-4-7(12(17)18)11(16)15-5-6/h1-5H,(H,15,16)(H,17,18). The van der Waals surface area contributed by atoms with Crippen molar-refractivity contribution in [3.05, 3.63) is 56.4 Å². The SMILES string of the molecule is O=C(O)c1cc(-c2c(Cl)cccc2Cl)c[nH]c1=O. The third kappa shape index (κ3) is 2.25. The molecular formula is C12H7Cl2NO3. The van der Waals surface area contributed by atoms with Crippen LogP contribution in [0.4, 0.5) is 0 Å². The predicted molar refractivity (Wildman–Crippen MR) is 69.5 cm³/mol. The molecule has 2 aromatic rings. The van der Waals surface area contributed by atoms with Gasteiger partial charge in [-0.05, 0) is 18.2 Å². The molecule has 0 bridgehead atoms. The van der Waals surface area contributed by atoms with Gasteiger partial charge in [-0.1, -0.05) is 29.3 Å². The molecule has 92 valence electrons. The fraction of sp³-hybridized carbons (Fsp3) is 0. The summed E-state index contributed by atoms with van der Waals surface area (Å²) in [7, 11) is 0. The van der Waals surface area contributed by atoms with E-state index in [1.165, 1.54) is 12.3 Å². The summed E-state index contributed by atoms with van der Waals surface area (Å²) >= 11 is 12.0. The molecule has 6 heteroatoms. The average Bonchev–Trinajstić information content (AvgIpc) is 2.30. The van der Waals surface area contributed by atoms with Gasteiger partial charge in [-0.3, -0.25) is 4.79 Å². The molecule has 4 nitrogen and oxygen atoms in total. The second-order valence-electron chi connectivity index (χ2n) is 3.53. The molecule has 1 aromatic heterocycles. The van der Waals surface area contributed by atoms with E-state index in [-0.39, 0.29) is 5.56 Å². The lowest BCUT2D eigenvalue weighted by atomic mass is 10.1. The molecule has 0 amide bonds. The number of aromatic carboxylic acids is 1. The Hall–Kier alpha value is -1.78. The lowest BCUT2D eigenvalue weighted by Crippen LogP contribution is -2.16. The van der Waals surface area contributed by atoms with Crippen molar-refractivity contribution in [2.75, 3.05) is 0 Å². The average molecular weight is 284 g/mol. The lowest BCUT2D eigenvalue weighted by molar-refractivity contribution is 0.0695. The number of pyridine rings is 1. The number of aromatic amines is 1. The van der Waals surface area contributed by atoms with Crippen LogP contribution >= 0.6 is 23.2 Å². The van der Waals surface area contributed by atoms with Crippen molar-refractivity contribution in [2.45, 2.75) is 0 Å². The normalized spacial score (nSPS) is 10.3. The van der Waals surface area contributed by atoms with Gasteiger partial charge in [-0.15, -0.1) is 0 Å². The Kier molecular flexibility index (Phi) is 3.41. The summed E-state index contributed by atoms with van der Waals surface area (Å²) in [6, 6.07) is 6.19. The molecule has 0 aliphatic carbocycles. The zero-order valence-electron chi connectivity index (χ0n) is 8.91. The van der Waals surface area contributed by atoms with E-state index in [4.69, 9.17) is 28.3 Å². The van der Waals surface area contributed by atoms with Gasteiger partial charge in [0, 0.05) is 27.4 Å². The number of hydrogen-bond donors (Lipinski definition) is 2. The molecule has 18 heavy (non-hydrogen) atoms. The number of aromatic nitrogens is 1. The van der Waals surface area contributed by atoms with Crippen molar-refractivity contribution < 1.29 is 9.90 Å². The number of halogens is 2. The number of carboxylic acid groups (broad SMARTS) is 1. The first-order valence-corrected chi connectivity index (χ1v) is 5.66. The second-order valence-corrected chi connectivity index (χ2v) is 4.35. The van der Waals surface area contributed by atoms with Crippen LogP contribution in [-0.4, -0.2) is 16.1 Å². The van der Waals surface area contributed by atoms with Gasteiger partial charge < -0.3 is 10.1 Å². The van der Waals surface area contributed by atoms with Crippen LogP contribution in [-0.2, 0) is 0 Å². The number of rotatable bonds is 2. The summed E-state index contributed by atoms with van der Waals surface area (Å²) in [5.41, 5.74) is -0.0971. The third-order valence-electron chi connectivity index (χ3n) is 2.39. The highest BCUT2D eigenvalue weighted by atomic mass is 35.5. The van der Waals surface area contributed by atoms with E-state index in [0.29, 0.717) is 21.2 Å². The number of hydrogen-bond acceptors (Lipinski definition) is 2. The van der Waals surface area contributed by atoms with Crippen LogP contribution in [0.2, 0.25) is 10.0 Å². The maximum absolute atomic E-state index is 11.3. The van der Waals surface area contributed by atoms with Gasteiger partial charge in [0.25, 0.3) is 5.56 Å². The fourth-order valence-electron chi connectivity index (χ4n) is 1.56. The van der Waals surface area contributed by atoms with Crippen molar-refractivity contribution in [3.8, 4) is 11.1 Å². The van der Waals surface area contributed by atoms with Crippen molar-refractivity contribution in [3.63, 3.8) is 0 Å². The van der Waals surface area contributed by atoms with E-state index in [0.717, 1.165) is 0 Å². The summed E-state index contributed by atoms with van der Waals surface area (Å²) in [4.78, 5) is 24.5. The van der Waals surface area contributed by atoms with Crippen molar-refractivity contribution in [2.24, 2.45) is 0 Å². The van der Waals surface area contributed by atoms with Crippen LogP contribution in [0.15, 0.2) is 35.3 Å². The van der Waals surface area contributed by atoms with E-state index in [1.807, 2.05) is 0 Å². The highest BCUT2D eigenvalue weighted by Gasteiger charge is 2.13. The van der Waals surface area contributed by atoms with E-state index in [2.05, 4.69) is 4.98 Å². The first-order valence-electron chi connectivity index (χ1n) is 4.91. The number of benzene rings is 1. The number of carboxylic acids is 1. The predicted octanol–water partition coefficient (Wildman–Crippen LogP) is 3.05. The van der Waals surface area contributed by atoms with Crippen molar-refractivity contribution in [1.29, 1.82) is 0 Å². The Balaban J connectivity index is 2.69. The maximum Gasteiger partial charge on any atom is 0.341 e. The molecule has 0 atom stereocenters. The number of nitrogens with one attached hydrogen (secondary N) is 1. The van der Waals surface area contributed by atoms with Crippen LogP contribution in [0, 0.1) is 0 Å².